The third kappa shape index (κ3) is 1.95. The average Bonchev–Trinajstić information content (AvgIpc) is 2.17. The number of fused-ring (bicyclic) bond motifs is 1. The second-order valence-electron chi connectivity index (χ2n) is 2.76. The average molecular weight is 163 g/mol. The Labute approximate surface area is 90.1 Å². The van der Waals surface area contributed by atoms with Gasteiger partial charge in [-0.25, -0.2) is 0 Å². The first-order chi connectivity index (χ1) is 5.92. The van der Waals surface area contributed by atoms with Crippen LogP contribution in [0.15, 0.2) is 36.4 Å². The molecule has 2 heteroatoms. The molecule has 2 rings (SSSR count). The first-order valence-corrected chi connectivity index (χ1v) is 4.00. The minimum atomic E-state index is 0. The topological polar surface area (TPSA) is 26.0 Å². The van der Waals surface area contributed by atoms with Gasteiger partial charge >= 0.3 is 18.9 Å². The Kier molecular flexibility index (Phi) is 3.56. The Hall–Kier alpha value is -0.743. The smallest absolute Gasteiger partial charge is 0.335 e. The van der Waals surface area contributed by atoms with Crippen molar-refractivity contribution in [3.8, 4) is 0 Å². The van der Waals surface area contributed by atoms with E-state index < -0.39 is 0 Å². The molecule has 60 valence electrons. The van der Waals surface area contributed by atoms with Gasteiger partial charge in [0.25, 0.3) is 0 Å². The predicted octanol–water partition coefficient (Wildman–Crippen LogP) is -0.897. The summed E-state index contributed by atoms with van der Waals surface area (Å²) in [6, 6.07) is 15.3. The first-order valence-electron chi connectivity index (χ1n) is 4.00. The number of rotatable bonds is 1. The van der Waals surface area contributed by atoms with E-state index in [4.69, 9.17) is 5.73 Å². The van der Waals surface area contributed by atoms with Gasteiger partial charge in [-0.3, -0.25) is 0 Å². The summed E-state index contributed by atoms with van der Waals surface area (Å²) in [7, 11) is 0. The van der Waals surface area contributed by atoms with E-state index in [1.165, 1.54) is 5.39 Å². The Balaban J connectivity index is 0.000000845. The molecule has 0 heterocycles. The Morgan fingerprint density at radius 2 is 1.92 bits per heavy atom. The monoisotopic (exact) mass is 163 g/mol. The molecule has 13 heavy (non-hydrogen) atoms. The number of hydrogen-bond donors (Lipinski definition) is 1. The van der Waals surface area contributed by atoms with Gasteiger partial charge in [0.2, 0.25) is 0 Å². The number of hydrogen-bond acceptors (Lipinski definition) is 1. The molecule has 2 aromatic rings. The second-order valence-corrected chi connectivity index (χ2v) is 2.76. The zero-order valence-corrected chi connectivity index (χ0v) is 7.75. The van der Waals surface area contributed by atoms with Crippen LogP contribution in [0.1, 0.15) is 5.56 Å². The number of benzene rings is 2. The summed E-state index contributed by atoms with van der Waals surface area (Å²) >= 11 is 0. The molecule has 0 saturated heterocycles. The van der Waals surface area contributed by atoms with Crippen LogP contribution in [-0.4, -0.2) is 0 Å². The maximum Gasteiger partial charge on any atom is 1.00 e. The molecule has 0 aliphatic heterocycles. The molecule has 0 spiro atoms. The van der Waals surface area contributed by atoms with Gasteiger partial charge < -0.3 is 5.73 Å². The minimum absolute atomic E-state index is 0. The third-order valence-electron chi connectivity index (χ3n) is 2.00. The SMILES string of the molecule is NCc1cccc2ccc[c-]c12.[Li+]. The third-order valence-corrected chi connectivity index (χ3v) is 2.00. The van der Waals surface area contributed by atoms with Crippen molar-refractivity contribution in [1.29, 1.82) is 0 Å². The molecule has 0 saturated carbocycles. The summed E-state index contributed by atoms with van der Waals surface area (Å²) in [5.41, 5.74) is 6.76. The molecule has 0 aromatic heterocycles. The summed E-state index contributed by atoms with van der Waals surface area (Å²) in [6.07, 6.45) is 0. The van der Waals surface area contributed by atoms with Gasteiger partial charge in [0.1, 0.15) is 0 Å². The summed E-state index contributed by atoms with van der Waals surface area (Å²) in [6.45, 7) is 0.581. The molecule has 1 nitrogen and oxygen atoms in total. The summed E-state index contributed by atoms with van der Waals surface area (Å²) in [5, 5.41) is 2.35. The molecule has 0 aliphatic carbocycles. The van der Waals surface area contributed by atoms with Crippen molar-refractivity contribution < 1.29 is 18.9 Å². The van der Waals surface area contributed by atoms with E-state index in [1.807, 2.05) is 24.3 Å². The fraction of sp³-hybridized carbons (Fsp3) is 0.0909. The first kappa shape index (κ1) is 10.3. The van der Waals surface area contributed by atoms with E-state index in [1.54, 1.807) is 0 Å². The van der Waals surface area contributed by atoms with Crippen LogP contribution >= 0.6 is 0 Å². The maximum atomic E-state index is 5.60. The van der Waals surface area contributed by atoms with Crippen LogP contribution in [0.3, 0.4) is 0 Å². The van der Waals surface area contributed by atoms with Gasteiger partial charge in [-0.1, -0.05) is 18.2 Å². The Morgan fingerprint density at radius 1 is 1.15 bits per heavy atom. The van der Waals surface area contributed by atoms with Crippen LogP contribution in [0.5, 0.6) is 0 Å². The molecule has 0 aliphatic rings. The maximum absolute atomic E-state index is 5.60. The Morgan fingerprint density at radius 3 is 2.69 bits per heavy atom. The van der Waals surface area contributed by atoms with Crippen molar-refractivity contribution in [3.05, 3.63) is 48.0 Å². The van der Waals surface area contributed by atoms with Gasteiger partial charge in [-0.2, -0.15) is 0 Å². The van der Waals surface area contributed by atoms with Crippen LogP contribution in [0, 0.1) is 6.07 Å². The van der Waals surface area contributed by atoms with E-state index in [2.05, 4.69) is 18.2 Å². The molecular weight excluding hydrogens is 153 g/mol. The van der Waals surface area contributed by atoms with Gasteiger partial charge in [0.05, 0.1) is 0 Å². The van der Waals surface area contributed by atoms with Crippen LogP contribution in [0.4, 0.5) is 0 Å². The van der Waals surface area contributed by atoms with Crippen molar-refractivity contribution in [2.75, 3.05) is 0 Å². The normalized spacial score (nSPS) is 9.62. The molecule has 0 atom stereocenters. The van der Waals surface area contributed by atoms with Crippen LogP contribution < -0.4 is 24.6 Å². The van der Waals surface area contributed by atoms with Crippen molar-refractivity contribution in [2.24, 2.45) is 5.73 Å². The molecule has 0 amide bonds. The molecule has 2 aromatic carbocycles. The van der Waals surface area contributed by atoms with Crippen molar-refractivity contribution in [3.63, 3.8) is 0 Å². The largest absolute Gasteiger partial charge is 1.00 e. The molecule has 0 unspecified atom stereocenters. The fourth-order valence-electron chi connectivity index (χ4n) is 1.39. The number of nitrogens with two attached hydrogens (primary N) is 1. The van der Waals surface area contributed by atoms with Crippen LogP contribution in [0.2, 0.25) is 0 Å². The fourth-order valence-corrected chi connectivity index (χ4v) is 1.39. The van der Waals surface area contributed by atoms with E-state index in [9.17, 15) is 0 Å². The van der Waals surface area contributed by atoms with Crippen molar-refractivity contribution in [1.82, 2.24) is 0 Å². The predicted molar refractivity (Wildman–Crippen MR) is 50.7 cm³/mol. The standard InChI is InChI=1S/C11H10N.Li/c12-8-10-6-3-5-9-4-1-2-7-11(9)10;/h1-6H,8,12H2;/q-1;+1. The second kappa shape index (κ2) is 4.48. The van der Waals surface area contributed by atoms with Gasteiger partial charge in [0, 0.05) is 0 Å². The quantitative estimate of drug-likeness (QED) is 0.428. The molecule has 0 radical (unpaired) electrons. The van der Waals surface area contributed by atoms with E-state index in [0.29, 0.717) is 6.54 Å². The van der Waals surface area contributed by atoms with Crippen LogP contribution in [0.25, 0.3) is 10.8 Å². The zero-order chi connectivity index (χ0) is 8.39. The van der Waals surface area contributed by atoms with E-state index in [0.717, 1.165) is 10.9 Å². The van der Waals surface area contributed by atoms with Gasteiger partial charge in [-0.15, -0.1) is 40.6 Å². The van der Waals surface area contributed by atoms with E-state index in [-0.39, 0.29) is 18.9 Å². The zero-order valence-electron chi connectivity index (χ0n) is 7.75. The summed E-state index contributed by atoms with van der Waals surface area (Å²) < 4.78 is 0. The minimum Gasteiger partial charge on any atom is -0.335 e. The summed E-state index contributed by atoms with van der Waals surface area (Å²) in [4.78, 5) is 0. The molecule has 2 N–H and O–H groups in total. The van der Waals surface area contributed by atoms with Crippen molar-refractivity contribution in [2.45, 2.75) is 6.54 Å². The Bertz CT molecular complexity index is 393. The molecular formula is C11H10LiN. The van der Waals surface area contributed by atoms with Gasteiger partial charge in [0.15, 0.2) is 0 Å². The molecule has 0 bridgehead atoms. The van der Waals surface area contributed by atoms with E-state index >= 15 is 0 Å². The molecule has 0 fully saturated rings. The van der Waals surface area contributed by atoms with Gasteiger partial charge in [-0.05, 0) is 6.54 Å². The summed E-state index contributed by atoms with van der Waals surface area (Å²) in [5.74, 6) is 0. The van der Waals surface area contributed by atoms with Crippen LogP contribution in [-0.2, 0) is 6.54 Å². The van der Waals surface area contributed by atoms with Crippen molar-refractivity contribution >= 4 is 10.8 Å².